The Bertz CT molecular complexity index is 644. The van der Waals surface area contributed by atoms with Crippen LogP contribution in [0.4, 0.5) is 0 Å². The van der Waals surface area contributed by atoms with E-state index in [9.17, 15) is 10.1 Å². The van der Waals surface area contributed by atoms with Crippen LogP contribution in [0.1, 0.15) is 11.1 Å². The lowest BCUT2D eigenvalue weighted by Crippen LogP contribution is -2.18. The number of hydrogen-bond donors (Lipinski definition) is 0. The fraction of sp³-hybridized carbons (Fsp3) is 0. The van der Waals surface area contributed by atoms with Gasteiger partial charge in [-0.15, -0.1) is 0 Å². The monoisotopic (exact) mass is 264 g/mol. The van der Waals surface area contributed by atoms with Crippen molar-refractivity contribution in [3.8, 4) is 0 Å². The van der Waals surface area contributed by atoms with Crippen LogP contribution in [0.25, 0.3) is 11.3 Å². The lowest BCUT2D eigenvalue weighted by atomic mass is 9.99. The van der Waals surface area contributed by atoms with Gasteiger partial charge < -0.3 is 5.21 Å². The molecule has 4 heteroatoms. The Hall–Kier alpha value is -2.72. The highest BCUT2D eigenvalue weighted by Gasteiger charge is 2.39. The molecule has 3 rings (SSSR count). The van der Waals surface area contributed by atoms with Gasteiger partial charge in [0.25, 0.3) is 0 Å². The number of allylic oxidation sites excluding steroid dienone is 1. The van der Waals surface area contributed by atoms with Crippen molar-refractivity contribution in [3.05, 3.63) is 94.2 Å². The molecule has 0 amide bonds. The van der Waals surface area contributed by atoms with Crippen molar-refractivity contribution in [2.45, 2.75) is 0 Å². The second-order valence-electron chi connectivity index (χ2n) is 4.45. The summed E-state index contributed by atoms with van der Waals surface area (Å²) in [5.41, 5.74) is 2.56. The smallest absolute Gasteiger partial charge is 0.308 e. The third kappa shape index (κ3) is 1.83. The lowest BCUT2D eigenvalue weighted by molar-refractivity contribution is -0.598. The van der Waals surface area contributed by atoms with Crippen LogP contribution < -0.4 is 0 Å². The zero-order valence-electron chi connectivity index (χ0n) is 10.7. The summed E-state index contributed by atoms with van der Waals surface area (Å²) >= 11 is 0. The molecule has 0 bridgehead atoms. The average Bonchev–Trinajstić information content (AvgIpc) is 2.73. The highest BCUT2D eigenvalue weighted by molar-refractivity contribution is 5.95. The van der Waals surface area contributed by atoms with Crippen molar-refractivity contribution in [2.75, 3.05) is 0 Å². The van der Waals surface area contributed by atoms with Crippen LogP contribution in [0.15, 0.2) is 72.9 Å². The van der Waals surface area contributed by atoms with Crippen LogP contribution in [0.2, 0.25) is 0 Å². The molecule has 0 saturated heterocycles. The first-order valence-electron chi connectivity index (χ1n) is 6.19. The first-order valence-corrected chi connectivity index (χ1v) is 6.19. The first-order chi connectivity index (χ1) is 9.70. The number of benzene rings is 2. The van der Waals surface area contributed by atoms with Crippen molar-refractivity contribution >= 4 is 11.3 Å². The predicted octanol–water partition coefficient (Wildman–Crippen LogP) is 3.58. The van der Waals surface area contributed by atoms with E-state index in [4.69, 9.17) is 0 Å². The second-order valence-corrected chi connectivity index (χ2v) is 4.45. The Morgan fingerprint density at radius 1 is 0.900 bits per heavy atom. The predicted molar refractivity (Wildman–Crippen MR) is 77.7 cm³/mol. The lowest BCUT2D eigenvalue weighted by Gasteiger charge is -2.13. The van der Waals surface area contributed by atoms with E-state index in [0.717, 1.165) is 5.56 Å². The van der Waals surface area contributed by atoms with E-state index in [0.29, 0.717) is 21.7 Å². The Labute approximate surface area is 116 Å². The zero-order chi connectivity index (χ0) is 14.1. The molecule has 98 valence electrons. The molecule has 0 fully saturated rings. The van der Waals surface area contributed by atoms with Gasteiger partial charge >= 0.3 is 5.70 Å². The van der Waals surface area contributed by atoms with Crippen molar-refractivity contribution in [2.24, 2.45) is 0 Å². The minimum absolute atomic E-state index is 0.157. The SMILES string of the molecule is C=C1C(c2ccccc2)=C(c2ccccc2)[N+](=O)N1[O-]. The van der Waals surface area contributed by atoms with E-state index in [1.165, 1.54) is 0 Å². The Morgan fingerprint density at radius 3 is 1.95 bits per heavy atom. The molecule has 0 saturated carbocycles. The van der Waals surface area contributed by atoms with E-state index >= 15 is 0 Å². The average molecular weight is 264 g/mol. The standard InChI is InChI=1S/C16H12N2O2/c1-12-15(13-8-4-2-5-9-13)16(18(20)17(12)19)14-10-6-3-7-11-14/h2-11H,1H2. The quantitative estimate of drug-likeness (QED) is 0.779. The maximum absolute atomic E-state index is 12.1. The first kappa shape index (κ1) is 12.3. The largest absolute Gasteiger partial charge is 0.699 e. The molecular weight excluding hydrogens is 252 g/mol. The number of nitroso groups, excluding NO2 is 1. The summed E-state index contributed by atoms with van der Waals surface area (Å²) in [7, 11) is 0. The van der Waals surface area contributed by atoms with Gasteiger partial charge in [0.1, 0.15) is 5.70 Å². The molecule has 1 heterocycles. The molecule has 2 aromatic carbocycles. The topological polar surface area (TPSA) is 46.4 Å². The van der Waals surface area contributed by atoms with Crippen LogP contribution in [-0.2, 0) is 0 Å². The Kier molecular flexibility index (Phi) is 2.93. The molecule has 0 aromatic heterocycles. The summed E-state index contributed by atoms with van der Waals surface area (Å²) in [5, 5.41) is 12.1. The fourth-order valence-electron chi connectivity index (χ4n) is 2.29. The summed E-state index contributed by atoms with van der Waals surface area (Å²) in [6, 6.07) is 18.4. The molecular formula is C16H12N2O2. The molecule has 1 aliphatic heterocycles. The zero-order valence-corrected chi connectivity index (χ0v) is 10.7. The van der Waals surface area contributed by atoms with Crippen LogP contribution in [0.5, 0.6) is 0 Å². The second kappa shape index (κ2) is 4.75. The van der Waals surface area contributed by atoms with E-state index in [2.05, 4.69) is 6.58 Å². The summed E-state index contributed by atoms with van der Waals surface area (Å²) in [6.45, 7) is 3.73. The van der Waals surface area contributed by atoms with E-state index in [1.807, 2.05) is 48.5 Å². The molecule has 0 radical (unpaired) electrons. The fourth-order valence-corrected chi connectivity index (χ4v) is 2.29. The van der Waals surface area contributed by atoms with Crippen molar-refractivity contribution in [3.63, 3.8) is 0 Å². The summed E-state index contributed by atoms with van der Waals surface area (Å²) in [5.74, 6) is 0. The van der Waals surface area contributed by atoms with E-state index in [1.54, 1.807) is 12.1 Å². The van der Waals surface area contributed by atoms with Gasteiger partial charge in [0.15, 0.2) is 4.87 Å². The van der Waals surface area contributed by atoms with Gasteiger partial charge in [-0.2, -0.15) is 5.17 Å². The van der Waals surface area contributed by atoms with Gasteiger partial charge in [-0.3, -0.25) is 0 Å². The number of nitrogens with zero attached hydrogens (tertiary/aromatic N) is 2. The van der Waals surface area contributed by atoms with Gasteiger partial charge in [-0.25, -0.2) is 0 Å². The highest BCUT2D eigenvalue weighted by atomic mass is 16.6. The summed E-state index contributed by atoms with van der Waals surface area (Å²) in [6.07, 6.45) is 0. The van der Waals surface area contributed by atoms with Gasteiger partial charge in [-0.1, -0.05) is 55.1 Å². The van der Waals surface area contributed by atoms with Gasteiger partial charge in [0, 0.05) is 0 Å². The van der Waals surface area contributed by atoms with Crippen molar-refractivity contribution < 1.29 is 4.87 Å². The van der Waals surface area contributed by atoms with Crippen LogP contribution in [-0.4, -0.2) is 10.0 Å². The Morgan fingerprint density at radius 2 is 1.40 bits per heavy atom. The van der Waals surface area contributed by atoms with E-state index < -0.39 is 0 Å². The molecule has 4 nitrogen and oxygen atoms in total. The van der Waals surface area contributed by atoms with Gasteiger partial charge in [-0.05, 0) is 17.7 Å². The molecule has 0 spiro atoms. The maximum atomic E-state index is 12.1. The minimum atomic E-state index is 0.157. The normalized spacial score (nSPS) is 15.2. The molecule has 0 aliphatic carbocycles. The molecule has 0 atom stereocenters. The Balaban J connectivity index is 2.26. The maximum Gasteiger partial charge on any atom is 0.308 e. The highest BCUT2D eigenvalue weighted by Crippen LogP contribution is 2.39. The van der Waals surface area contributed by atoms with Crippen molar-refractivity contribution in [1.29, 1.82) is 0 Å². The number of hydrogen-bond acceptors (Lipinski definition) is 2. The molecule has 0 unspecified atom stereocenters. The third-order valence-electron chi connectivity index (χ3n) is 3.22. The number of hydroxylamine groups is 1. The summed E-state index contributed by atoms with van der Waals surface area (Å²) < 4.78 is 0. The van der Waals surface area contributed by atoms with Gasteiger partial charge in [0.2, 0.25) is 0 Å². The molecule has 0 N–H and O–H groups in total. The molecule has 2 aromatic rings. The number of hydrazine groups is 1. The van der Waals surface area contributed by atoms with Crippen LogP contribution in [0, 0.1) is 10.1 Å². The summed E-state index contributed by atoms with van der Waals surface area (Å²) in [4.78, 5) is 12.5. The minimum Gasteiger partial charge on any atom is -0.699 e. The van der Waals surface area contributed by atoms with Crippen LogP contribution >= 0.6 is 0 Å². The van der Waals surface area contributed by atoms with Gasteiger partial charge in [0.05, 0.1) is 16.0 Å². The van der Waals surface area contributed by atoms with Crippen molar-refractivity contribution in [1.82, 2.24) is 5.17 Å². The molecule has 1 aliphatic rings. The van der Waals surface area contributed by atoms with Crippen LogP contribution in [0.3, 0.4) is 0 Å². The van der Waals surface area contributed by atoms with E-state index in [-0.39, 0.29) is 10.9 Å². The third-order valence-corrected chi connectivity index (χ3v) is 3.22. The molecule has 20 heavy (non-hydrogen) atoms. The number of rotatable bonds is 2.